The van der Waals surface area contributed by atoms with Crippen LogP contribution in [-0.2, 0) is 5.41 Å². The van der Waals surface area contributed by atoms with Gasteiger partial charge in [-0.1, -0.05) is 74.8 Å². The molecule has 24 heavy (non-hydrogen) atoms. The highest BCUT2D eigenvalue weighted by Crippen LogP contribution is 2.41. The number of fused-ring (bicyclic) bond motifs is 3. The van der Waals surface area contributed by atoms with Crippen molar-refractivity contribution in [2.45, 2.75) is 26.2 Å². The summed E-state index contributed by atoms with van der Waals surface area (Å²) in [6.07, 6.45) is 0. The first-order chi connectivity index (χ1) is 11.4. The van der Waals surface area contributed by atoms with Crippen LogP contribution in [0, 0.1) is 0 Å². The summed E-state index contributed by atoms with van der Waals surface area (Å²) >= 11 is 8.28. The predicted octanol–water partition coefficient (Wildman–Crippen LogP) is 7.67. The van der Waals surface area contributed by atoms with E-state index in [2.05, 4.69) is 63.2 Å². The molecule has 0 spiro atoms. The first kappa shape index (κ1) is 15.7. The van der Waals surface area contributed by atoms with Gasteiger partial charge in [0.2, 0.25) is 0 Å². The summed E-state index contributed by atoms with van der Waals surface area (Å²) in [7, 11) is 0. The van der Waals surface area contributed by atoms with E-state index in [1.54, 1.807) is 0 Å². The minimum Gasteiger partial charge on any atom is -0.135 e. The van der Waals surface area contributed by atoms with Crippen molar-refractivity contribution >= 4 is 43.1 Å². The van der Waals surface area contributed by atoms with Gasteiger partial charge in [0, 0.05) is 30.8 Å². The summed E-state index contributed by atoms with van der Waals surface area (Å²) < 4.78 is 2.73. The maximum atomic E-state index is 6.39. The van der Waals surface area contributed by atoms with Gasteiger partial charge in [-0.05, 0) is 34.7 Å². The molecule has 1 heterocycles. The van der Waals surface area contributed by atoms with E-state index in [0.29, 0.717) is 0 Å². The first-order valence-electron chi connectivity index (χ1n) is 8.16. The normalized spacial score (nSPS) is 12.2. The van der Waals surface area contributed by atoms with Crippen molar-refractivity contribution in [1.82, 2.24) is 0 Å². The lowest BCUT2D eigenvalue weighted by molar-refractivity contribution is 0.597. The van der Waals surface area contributed by atoms with Crippen LogP contribution in [-0.4, -0.2) is 0 Å². The third kappa shape index (κ3) is 2.53. The molecule has 4 rings (SSSR count). The van der Waals surface area contributed by atoms with Crippen molar-refractivity contribution in [3.05, 3.63) is 71.2 Å². The lowest BCUT2D eigenvalue weighted by Gasteiger charge is -2.19. The van der Waals surface area contributed by atoms with E-state index in [9.17, 15) is 0 Å². The largest absolute Gasteiger partial charge is 0.135 e. The molecule has 0 atom stereocenters. The Balaban J connectivity index is 2.01. The summed E-state index contributed by atoms with van der Waals surface area (Å²) in [6.45, 7) is 6.84. The SMILES string of the molecule is CC(C)(C)c1cccc2c1sc1ccc(-c3ccccc3Cl)cc12. The second-order valence-corrected chi connectivity index (χ2v) is 8.68. The maximum Gasteiger partial charge on any atom is 0.0484 e. The minimum atomic E-state index is 0.145. The lowest BCUT2D eigenvalue weighted by atomic mass is 9.86. The van der Waals surface area contributed by atoms with Crippen molar-refractivity contribution in [3.8, 4) is 11.1 Å². The van der Waals surface area contributed by atoms with Crippen LogP contribution in [0.1, 0.15) is 26.3 Å². The summed E-state index contributed by atoms with van der Waals surface area (Å²) in [5, 5.41) is 3.46. The van der Waals surface area contributed by atoms with Gasteiger partial charge in [-0.15, -0.1) is 11.3 Å². The molecule has 0 unspecified atom stereocenters. The molecule has 0 radical (unpaired) electrons. The van der Waals surface area contributed by atoms with E-state index >= 15 is 0 Å². The van der Waals surface area contributed by atoms with Gasteiger partial charge in [0.05, 0.1) is 0 Å². The van der Waals surface area contributed by atoms with Crippen LogP contribution in [0.4, 0.5) is 0 Å². The van der Waals surface area contributed by atoms with E-state index in [0.717, 1.165) is 10.6 Å². The predicted molar refractivity (Wildman–Crippen MR) is 108 cm³/mol. The zero-order valence-electron chi connectivity index (χ0n) is 14.1. The number of hydrogen-bond acceptors (Lipinski definition) is 1. The number of thiophene rings is 1. The average molecular weight is 351 g/mol. The molecule has 0 saturated carbocycles. The topological polar surface area (TPSA) is 0 Å². The van der Waals surface area contributed by atoms with E-state index in [1.165, 1.54) is 31.3 Å². The Morgan fingerprint density at radius 1 is 0.833 bits per heavy atom. The Kier molecular flexibility index (Phi) is 3.67. The Morgan fingerprint density at radius 3 is 2.38 bits per heavy atom. The van der Waals surface area contributed by atoms with Gasteiger partial charge in [0.25, 0.3) is 0 Å². The lowest BCUT2D eigenvalue weighted by Crippen LogP contribution is -2.10. The van der Waals surface area contributed by atoms with Gasteiger partial charge in [-0.25, -0.2) is 0 Å². The molecular weight excluding hydrogens is 332 g/mol. The summed E-state index contributed by atoms with van der Waals surface area (Å²) in [5.74, 6) is 0. The molecule has 3 aromatic carbocycles. The van der Waals surface area contributed by atoms with E-state index < -0.39 is 0 Å². The van der Waals surface area contributed by atoms with Crippen molar-refractivity contribution in [2.75, 3.05) is 0 Å². The molecular formula is C22H19ClS. The monoisotopic (exact) mass is 350 g/mol. The maximum absolute atomic E-state index is 6.39. The standard InChI is InChI=1S/C22H19ClS/c1-22(2,3)18-9-6-8-16-17-13-14(11-12-20(17)24-21(16)18)15-7-4-5-10-19(15)23/h4-13H,1-3H3. The molecule has 0 saturated heterocycles. The fourth-order valence-electron chi connectivity index (χ4n) is 3.25. The molecule has 0 aliphatic rings. The van der Waals surface area contributed by atoms with Crippen LogP contribution in [0.15, 0.2) is 60.7 Å². The summed E-state index contributed by atoms with van der Waals surface area (Å²) in [5.41, 5.74) is 3.83. The average Bonchev–Trinajstić information content (AvgIpc) is 2.92. The number of benzene rings is 3. The van der Waals surface area contributed by atoms with Crippen LogP contribution >= 0.6 is 22.9 Å². The molecule has 0 nitrogen and oxygen atoms in total. The minimum absolute atomic E-state index is 0.145. The molecule has 0 bridgehead atoms. The Labute approximate surface area is 151 Å². The first-order valence-corrected chi connectivity index (χ1v) is 9.35. The highest BCUT2D eigenvalue weighted by Gasteiger charge is 2.19. The van der Waals surface area contributed by atoms with Crippen LogP contribution in [0.3, 0.4) is 0 Å². The van der Waals surface area contributed by atoms with Gasteiger partial charge in [0.15, 0.2) is 0 Å². The number of rotatable bonds is 1. The van der Waals surface area contributed by atoms with Gasteiger partial charge >= 0.3 is 0 Å². The van der Waals surface area contributed by atoms with Crippen molar-refractivity contribution < 1.29 is 0 Å². The molecule has 1 aromatic heterocycles. The fourth-order valence-corrected chi connectivity index (χ4v) is 4.90. The molecule has 2 heteroatoms. The Hall–Kier alpha value is -1.83. The third-order valence-electron chi connectivity index (χ3n) is 4.49. The molecule has 0 fully saturated rings. The smallest absolute Gasteiger partial charge is 0.0484 e. The molecule has 0 N–H and O–H groups in total. The highest BCUT2D eigenvalue weighted by molar-refractivity contribution is 7.26. The Bertz CT molecular complexity index is 1050. The quantitative estimate of drug-likeness (QED) is 0.330. The van der Waals surface area contributed by atoms with Crippen LogP contribution < -0.4 is 0 Å². The highest BCUT2D eigenvalue weighted by atomic mass is 35.5. The molecule has 120 valence electrons. The summed E-state index contributed by atoms with van der Waals surface area (Å²) in [6, 6.07) is 21.4. The molecule has 4 aromatic rings. The van der Waals surface area contributed by atoms with E-state index in [1.807, 2.05) is 29.5 Å². The van der Waals surface area contributed by atoms with Gasteiger partial charge < -0.3 is 0 Å². The van der Waals surface area contributed by atoms with Crippen LogP contribution in [0.5, 0.6) is 0 Å². The second kappa shape index (κ2) is 5.61. The number of halogens is 1. The fraction of sp³-hybridized carbons (Fsp3) is 0.182. The number of hydrogen-bond donors (Lipinski definition) is 0. The van der Waals surface area contributed by atoms with Gasteiger partial charge in [-0.2, -0.15) is 0 Å². The second-order valence-electron chi connectivity index (χ2n) is 7.23. The molecule has 0 amide bonds. The van der Waals surface area contributed by atoms with Gasteiger partial charge in [0.1, 0.15) is 0 Å². The van der Waals surface area contributed by atoms with Crippen LogP contribution in [0.25, 0.3) is 31.3 Å². The van der Waals surface area contributed by atoms with Gasteiger partial charge in [-0.3, -0.25) is 0 Å². The van der Waals surface area contributed by atoms with Crippen molar-refractivity contribution in [3.63, 3.8) is 0 Å². The zero-order chi connectivity index (χ0) is 16.9. The van der Waals surface area contributed by atoms with Crippen molar-refractivity contribution in [2.24, 2.45) is 0 Å². The van der Waals surface area contributed by atoms with Crippen molar-refractivity contribution in [1.29, 1.82) is 0 Å². The van der Waals surface area contributed by atoms with E-state index in [4.69, 9.17) is 11.6 Å². The molecule has 0 aliphatic carbocycles. The third-order valence-corrected chi connectivity index (χ3v) is 6.04. The van der Waals surface area contributed by atoms with E-state index in [-0.39, 0.29) is 5.41 Å². The molecule has 0 aliphatic heterocycles. The Morgan fingerprint density at radius 2 is 1.62 bits per heavy atom. The van der Waals surface area contributed by atoms with Crippen LogP contribution in [0.2, 0.25) is 5.02 Å². The summed E-state index contributed by atoms with van der Waals surface area (Å²) in [4.78, 5) is 0. The zero-order valence-corrected chi connectivity index (χ0v) is 15.6.